The highest BCUT2D eigenvalue weighted by molar-refractivity contribution is 5.84. The summed E-state index contributed by atoms with van der Waals surface area (Å²) < 4.78 is 14.1. The Labute approximate surface area is 153 Å². The summed E-state index contributed by atoms with van der Waals surface area (Å²) in [6.45, 7) is 7.01. The largest absolute Gasteiger partial charge is 0.344 e. The monoisotopic (exact) mass is 350 g/mol. The van der Waals surface area contributed by atoms with Gasteiger partial charge in [-0.1, -0.05) is 55.8 Å². The molecule has 0 bridgehead atoms. The number of anilines is 1. The number of aryl methyl sites for hydroxylation is 1. The van der Waals surface area contributed by atoms with Crippen LogP contribution in [0, 0.1) is 12.7 Å². The van der Waals surface area contributed by atoms with E-state index in [1.807, 2.05) is 12.1 Å². The lowest BCUT2D eigenvalue weighted by molar-refractivity contribution is -0.124. The van der Waals surface area contributed by atoms with E-state index in [0.29, 0.717) is 18.5 Å². The fraction of sp³-hybridized carbons (Fsp3) is 0.318. The van der Waals surface area contributed by atoms with Gasteiger partial charge in [-0.05, 0) is 30.7 Å². The number of benzene rings is 2. The van der Waals surface area contributed by atoms with Gasteiger partial charge in [0.15, 0.2) is 0 Å². The zero-order valence-corrected chi connectivity index (χ0v) is 15.3. The molecule has 2 aliphatic rings. The van der Waals surface area contributed by atoms with Crippen LogP contribution >= 0.6 is 0 Å². The third-order valence-corrected chi connectivity index (χ3v) is 5.80. The van der Waals surface area contributed by atoms with Crippen molar-refractivity contribution < 1.29 is 9.18 Å². The Kier molecular flexibility index (Phi) is 3.69. The lowest BCUT2D eigenvalue weighted by Crippen LogP contribution is -2.68. The Morgan fingerprint density at radius 2 is 1.96 bits per heavy atom. The lowest BCUT2D eigenvalue weighted by atomic mass is 9.74. The van der Waals surface area contributed by atoms with Gasteiger partial charge in [-0.15, -0.1) is 0 Å². The third-order valence-electron chi connectivity index (χ3n) is 5.80. The molecule has 4 rings (SSSR count). The molecule has 2 aliphatic heterocycles. The second kappa shape index (κ2) is 5.70. The maximum atomic E-state index is 14.1. The van der Waals surface area contributed by atoms with Crippen LogP contribution < -0.4 is 10.2 Å². The normalized spacial score (nSPS) is 23.7. The molecule has 1 N–H and O–H groups in total. The van der Waals surface area contributed by atoms with Crippen LogP contribution in [0.25, 0.3) is 6.08 Å². The summed E-state index contributed by atoms with van der Waals surface area (Å²) in [5.41, 5.74) is 2.99. The molecule has 1 atom stereocenters. The molecule has 1 unspecified atom stereocenters. The number of carbonyl (C=O) groups is 1. The Morgan fingerprint density at radius 1 is 1.19 bits per heavy atom. The second-order valence-corrected chi connectivity index (χ2v) is 7.72. The summed E-state index contributed by atoms with van der Waals surface area (Å²) >= 11 is 0. The standard InChI is InChI=1S/C22H23FN2O/c1-15-8-9-19-17(14-15)21(2,3)22(24-20(26)11-13-25(19)22)12-10-16-6-4-5-7-18(16)23/h4-10,12,14H,11,13H2,1-3H3,(H,24,26). The predicted octanol–water partition coefficient (Wildman–Crippen LogP) is 4.16. The van der Waals surface area contributed by atoms with Gasteiger partial charge in [-0.3, -0.25) is 4.79 Å². The van der Waals surface area contributed by atoms with Crippen molar-refractivity contribution in [3.8, 4) is 0 Å². The number of hydrogen-bond donors (Lipinski definition) is 1. The SMILES string of the molecule is Cc1ccc2c(c1)C(C)(C)C1(C=Cc3ccccc3F)NC(=O)CCN21. The van der Waals surface area contributed by atoms with Crippen molar-refractivity contribution in [2.75, 3.05) is 11.4 Å². The number of halogens is 1. The summed E-state index contributed by atoms with van der Waals surface area (Å²) in [4.78, 5) is 14.6. The van der Waals surface area contributed by atoms with Crippen LogP contribution in [0.4, 0.5) is 10.1 Å². The van der Waals surface area contributed by atoms with Gasteiger partial charge in [0.2, 0.25) is 5.91 Å². The Balaban J connectivity index is 1.88. The van der Waals surface area contributed by atoms with Gasteiger partial charge in [-0.2, -0.15) is 0 Å². The molecule has 1 saturated heterocycles. The van der Waals surface area contributed by atoms with Crippen LogP contribution in [0.15, 0.2) is 48.5 Å². The van der Waals surface area contributed by atoms with Gasteiger partial charge < -0.3 is 10.2 Å². The first-order valence-corrected chi connectivity index (χ1v) is 8.99. The fourth-order valence-electron chi connectivity index (χ4n) is 4.29. The molecule has 134 valence electrons. The summed E-state index contributed by atoms with van der Waals surface area (Å²) in [5, 5.41) is 3.22. The van der Waals surface area contributed by atoms with Crippen LogP contribution in [0.5, 0.6) is 0 Å². The van der Waals surface area contributed by atoms with E-state index in [9.17, 15) is 9.18 Å². The molecule has 2 heterocycles. The van der Waals surface area contributed by atoms with E-state index in [-0.39, 0.29) is 17.1 Å². The number of carbonyl (C=O) groups excluding carboxylic acids is 1. The number of fused-ring (bicyclic) bond motifs is 3. The van der Waals surface area contributed by atoms with Crippen LogP contribution in [0.1, 0.15) is 37.0 Å². The quantitative estimate of drug-likeness (QED) is 0.882. The molecule has 26 heavy (non-hydrogen) atoms. The van der Waals surface area contributed by atoms with Crippen molar-refractivity contribution >= 4 is 17.7 Å². The van der Waals surface area contributed by atoms with Crippen molar-refractivity contribution in [3.63, 3.8) is 0 Å². The summed E-state index contributed by atoms with van der Waals surface area (Å²) in [6.07, 6.45) is 4.20. The molecule has 2 aromatic rings. The molecule has 0 radical (unpaired) electrons. The minimum atomic E-state index is -0.708. The first kappa shape index (κ1) is 16.8. The average Bonchev–Trinajstić information content (AvgIpc) is 2.79. The minimum Gasteiger partial charge on any atom is -0.344 e. The molecular weight excluding hydrogens is 327 g/mol. The number of nitrogens with zero attached hydrogens (tertiary/aromatic N) is 1. The molecule has 0 saturated carbocycles. The molecular formula is C22H23FN2O. The van der Waals surface area contributed by atoms with Gasteiger partial charge in [0.05, 0.1) is 0 Å². The van der Waals surface area contributed by atoms with E-state index >= 15 is 0 Å². The van der Waals surface area contributed by atoms with Gasteiger partial charge >= 0.3 is 0 Å². The van der Waals surface area contributed by atoms with E-state index in [1.54, 1.807) is 18.2 Å². The van der Waals surface area contributed by atoms with Gasteiger partial charge in [-0.25, -0.2) is 4.39 Å². The molecule has 1 fully saturated rings. The topological polar surface area (TPSA) is 32.3 Å². The van der Waals surface area contributed by atoms with Crippen molar-refractivity contribution in [3.05, 3.63) is 71.0 Å². The van der Waals surface area contributed by atoms with Gasteiger partial charge in [0, 0.05) is 29.6 Å². The molecule has 0 aliphatic carbocycles. The molecule has 0 aromatic heterocycles. The van der Waals surface area contributed by atoms with Crippen molar-refractivity contribution in [1.82, 2.24) is 5.32 Å². The highest BCUT2D eigenvalue weighted by Crippen LogP contribution is 2.52. The minimum absolute atomic E-state index is 0.0250. The van der Waals surface area contributed by atoms with E-state index in [2.05, 4.69) is 49.2 Å². The number of amides is 1. The first-order valence-electron chi connectivity index (χ1n) is 8.99. The Hall–Kier alpha value is -2.62. The third kappa shape index (κ3) is 2.28. The highest BCUT2D eigenvalue weighted by Gasteiger charge is 2.57. The predicted molar refractivity (Wildman–Crippen MR) is 102 cm³/mol. The second-order valence-electron chi connectivity index (χ2n) is 7.72. The zero-order valence-electron chi connectivity index (χ0n) is 15.3. The molecule has 4 heteroatoms. The van der Waals surface area contributed by atoms with Crippen LogP contribution in [0.3, 0.4) is 0 Å². The van der Waals surface area contributed by atoms with Gasteiger partial charge in [0.25, 0.3) is 0 Å². The lowest BCUT2D eigenvalue weighted by Gasteiger charge is -2.49. The van der Waals surface area contributed by atoms with Crippen LogP contribution in [-0.4, -0.2) is 18.1 Å². The number of rotatable bonds is 2. The van der Waals surface area contributed by atoms with Crippen LogP contribution in [0.2, 0.25) is 0 Å². The summed E-state index contributed by atoms with van der Waals surface area (Å²) in [6, 6.07) is 13.1. The summed E-state index contributed by atoms with van der Waals surface area (Å²) in [5.74, 6) is -0.241. The molecule has 3 nitrogen and oxygen atoms in total. The first-order chi connectivity index (χ1) is 12.3. The van der Waals surface area contributed by atoms with Crippen molar-refractivity contribution in [2.45, 2.75) is 38.3 Å². The van der Waals surface area contributed by atoms with E-state index in [4.69, 9.17) is 0 Å². The molecule has 2 aromatic carbocycles. The van der Waals surface area contributed by atoms with Gasteiger partial charge in [0.1, 0.15) is 11.5 Å². The van der Waals surface area contributed by atoms with E-state index in [1.165, 1.54) is 17.2 Å². The molecule has 1 amide bonds. The zero-order chi connectivity index (χ0) is 18.5. The van der Waals surface area contributed by atoms with E-state index in [0.717, 1.165) is 5.69 Å². The summed E-state index contributed by atoms with van der Waals surface area (Å²) in [7, 11) is 0. The Morgan fingerprint density at radius 3 is 2.73 bits per heavy atom. The number of hydrogen-bond acceptors (Lipinski definition) is 2. The van der Waals surface area contributed by atoms with Crippen molar-refractivity contribution in [2.24, 2.45) is 0 Å². The van der Waals surface area contributed by atoms with Crippen LogP contribution in [-0.2, 0) is 10.2 Å². The molecule has 0 spiro atoms. The highest BCUT2D eigenvalue weighted by atomic mass is 19.1. The maximum Gasteiger partial charge on any atom is 0.223 e. The van der Waals surface area contributed by atoms with Crippen molar-refractivity contribution in [1.29, 1.82) is 0 Å². The fourth-order valence-corrected chi connectivity index (χ4v) is 4.29. The number of nitrogens with one attached hydrogen (secondary N) is 1. The van der Waals surface area contributed by atoms with E-state index < -0.39 is 5.66 Å². The Bertz CT molecular complexity index is 918. The smallest absolute Gasteiger partial charge is 0.223 e. The average molecular weight is 350 g/mol. The maximum absolute atomic E-state index is 14.1.